The highest BCUT2D eigenvalue weighted by Crippen LogP contribution is 2.35. The SMILES string of the molecule is COC(=O)c1sc(-c2ccc(Br)cc2)nc1C(C)(C)C. The largest absolute Gasteiger partial charge is 0.465 e. The normalized spacial score (nSPS) is 11.4. The molecule has 0 bridgehead atoms. The Hall–Kier alpha value is -1.20. The van der Waals surface area contributed by atoms with Gasteiger partial charge in [-0.3, -0.25) is 0 Å². The summed E-state index contributed by atoms with van der Waals surface area (Å²) in [6.45, 7) is 6.12. The van der Waals surface area contributed by atoms with E-state index in [4.69, 9.17) is 4.74 Å². The predicted molar refractivity (Wildman–Crippen MR) is 85.3 cm³/mol. The number of hydrogen-bond acceptors (Lipinski definition) is 4. The molecule has 0 aliphatic heterocycles. The zero-order chi connectivity index (χ0) is 14.9. The van der Waals surface area contributed by atoms with Gasteiger partial charge in [-0.25, -0.2) is 9.78 Å². The van der Waals surface area contributed by atoms with E-state index in [-0.39, 0.29) is 11.4 Å². The number of rotatable bonds is 2. The minimum atomic E-state index is -0.323. The lowest BCUT2D eigenvalue weighted by Crippen LogP contribution is -2.16. The quantitative estimate of drug-likeness (QED) is 0.737. The van der Waals surface area contributed by atoms with E-state index in [0.29, 0.717) is 4.88 Å². The molecule has 0 saturated heterocycles. The smallest absolute Gasteiger partial charge is 0.350 e. The Bertz CT molecular complexity index is 626. The first-order valence-corrected chi connectivity index (χ1v) is 7.79. The Morgan fingerprint density at radius 3 is 2.35 bits per heavy atom. The van der Waals surface area contributed by atoms with Crippen LogP contribution in [0.5, 0.6) is 0 Å². The number of hydrogen-bond donors (Lipinski definition) is 0. The van der Waals surface area contributed by atoms with Crippen molar-refractivity contribution in [2.45, 2.75) is 26.2 Å². The van der Waals surface area contributed by atoms with E-state index in [1.54, 1.807) is 0 Å². The fourth-order valence-corrected chi connectivity index (χ4v) is 3.24. The Labute approximate surface area is 131 Å². The summed E-state index contributed by atoms with van der Waals surface area (Å²) in [5, 5.41) is 0.836. The number of thiazole rings is 1. The molecule has 0 atom stereocenters. The second-order valence-electron chi connectivity index (χ2n) is 5.45. The zero-order valence-electron chi connectivity index (χ0n) is 11.9. The van der Waals surface area contributed by atoms with Crippen LogP contribution in [0.4, 0.5) is 0 Å². The van der Waals surface area contributed by atoms with E-state index in [1.807, 2.05) is 45.0 Å². The number of carbonyl (C=O) groups is 1. The van der Waals surface area contributed by atoms with Gasteiger partial charge >= 0.3 is 5.97 Å². The summed E-state index contributed by atoms with van der Waals surface area (Å²) in [6, 6.07) is 7.89. The summed E-state index contributed by atoms with van der Waals surface area (Å²) in [5.74, 6) is -0.323. The number of carbonyl (C=O) groups excluding carboxylic acids is 1. The van der Waals surface area contributed by atoms with Gasteiger partial charge in [0.05, 0.1) is 12.8 Å². The van der Waals surface area contributed by atoms with Crippen molar-refractivity contribution in [3.63, 3.8) is 0 Å². The van der Waals surface area contributed by atoms with Gasteiger partial charge in [0, 0.05) is 15.5 Å². The Morgan fingerprint density at radius 1 is 1.25 bits per heavy atom. The maximum absolute atomic E-state index is 11.9. The average Bonchev–Trinajstić information content (AvgIpc) is 2.83. The van der Waals surface area contributed by atoms with Crippen molar-refractivity contribution in [3.05, 3.63) is 39.3 Å². The van der Waals surface area contributed by atoms with E-state index in [2.05, 4.69) is 20.9 Å². The lowest BCUT2D eigenvalue weighted by atomic mass is 9.91. The molecule has 1 heterocycles. The average molecular weight is 354 g/mol. The molecule has 0 spiro atoms. The van der Waals surface area contributed by atoms with Gasteiger partial charge in [0.1, 0.15) is 9.88 Å². The van der Waals surface area contributed by atoms with E-state index in [1.165, 1.54) is 18.4 Å². The lowest BCUT2D eigenvalue weighted by Gasteiger charge is -2.16. The summed E-state index contributed by atoms with van der Waals surface area (Å²) in [6.07, 6.45) is 0. The predicted octanol–water partition coefficient (Wildman–Crippen LogP) is 4.66. The van der Waals surface area contributed by atoms with Gasteiger partial charge in [-0.05, 0) is 12.1 Å². The molecule has 2 aromatic rings. The van der Waals surface area contributed by atoms with Crippen molar-refractivity contribution in [2.24, 2.45) is 0 Å². The summed E-state index contributed by atoms with van der Waals surface area (Å²) < 4.78 is 5.88. The maximum atomic E-state index is 11.9. The van der Waals surface area contributed by atoms with Gasteiger partial charge in [0.15, 0.2) is 0 Å². The van der Waals surface area contributed by atoms with Crippen LogP contribution in [0.2, 0.25) is 0 Å². The molecule has 106 valence electrons. The molecule has 0 saturated carbocycles. The first-order chi connectivity index (χ1) is 9.32. The van der Waals surface area contributed by atoms with Crippen molar-refractivity contribution in [1.29, 1.82) is 0 Å². The van der Waals surface area contributed by atoms with Crippen molar-refractivity contribution in [2.75, 3.05) is 7.11 Å². The third kappa shape index (κ3) is 3.10. The van der Waals surface area contributed by atoms with Gasteiger partial charge in [0.25, 0.3) is 0 Å². The fraction of sp³-hybridized carbons (Fsp3) is 0.333. The molecule has 0 aliphatic carbocycles. The van der Waals surface area contributed by atoms with Gasteiger partial charge in [-0.1, -0.05) is 48.8 Å². The van der Waals surface area contributed by atoms with E-state index in [9.17, 15) is 4.79 Å². The number of esters is 1. The molecular weight excluding hydrogens is 338 g/mol. The molecule has 0 amide bonds. The lowest BCUT2D eigenvalue weighted by molar-refractivity contribution is 0.0603. The second kappa shape index (κ2) is 5.66. The molecule has 5 heteroatoms. The minimum absolute atomic E-state index is 0.201. The van der Waals surface area contributed by atoms with Gasteiger partial charge in [-0.2, -0.15) is 0 Å². The topological polar surface area (TPSA) is 39.2 Å². The van der Waals surface area contributed by atoms with Crippen LogP contribution >= 0.6 is 27.3 Å². The fourth-order valence-electron chi connectivity index (χ4n) is 1.78. The van der Waals surface area contributed by atoms with Crippen molar-refractivity contribution in [3.8, 4) is 10.6 Å². The Balaban J connectivity index is 2.54. The van der Waals surface area contributed by atoms with Crippen molar-refractivity contribution >= 4 is 33.2 Å². The van der Waals surface area contributed by atoms with Gasteiger partial charge < -0.3 is 4.74 Å². The molecule has 1 aromatic carbocycles. The maximum Gasteiger partial charge on any atom is 0.350 e. The van der Waals surface area contributed by atoms with Crippen LogP contribution in [0.15, 0.2) is 28.7 Å². The highest BCUT2D eigenvalue weighted by atomic mass is 79.9. The first kappa shape index (κ1) is 15.2. The second-order valence-corrected chi connectivity index (χ2v) is 7.36. The minimum Gasteiger partial charge on any atom is -0.465 e. The van der Waals surface area contributed by atoms with Gasteiger partial charge in [-0.15, -0.1) is 11.3 Å². The summed E-state index contributed by atoms with van der Waals surface area (Å²) in [7, 11) is 1.40. The molecule has 3 nitrogen and oxygen atoms in total. The number of methoxy groups -OCH3 is 1. The van der Waals surface area contributed by atoms with Crippen LogP contribution < -0.4 is 0 Å². The van der Waals surface area contributed by atoms with Crippen LogP contribution in [0.25, 0.3) is 10.6 Å². The third-order valence-corrected chi connectivity index (χ3v) is 4.41. The first-order valence-electron chi connectivity index (χ1n) is 6.18. The van der Waals surface area contributed by atoms with Crippen LogP contribution in [0, 0.1) is 0 Å². The van der Waals surface area contributed by atoms with Crippen molar-refractivity contribution < 1.29 is 9.53 Å². The van der Waals surface area contributed by atoms with Crippen LogP contribution in [-0.2, 0) is 10.2 Å². The number of nitrogens with zero attached hydrogens (tertiary/aromatic N) is 1. The molecule has 2 rings (SSSR count). The zero-order valence-corrected chi connectivity index (χ0v) is 14.3. The molecule has 20 heavy (non-hydrogen) atoms. The molecule has 0 radical (unpaired) electrons. The number of benzene rings is 1. The molecule has 0 N–H and O–H groups in total. The molecule has 1 aromatic heterocycles. The van der Waals surface area contributed by atoms with E-state index in [0.717, 1.165) is 20.7 Å². The van der Waals surface area contributed by atoms with Crippen molar-refractivity contribution in [1.82, 2.24) is 4.98 Å². The summed E-state index contributed by atoms with van der Waals surface area (Å²) >= 11 is 4.79. The third-order valence-electron chi connectivity index (χ3n) is 2.80. The van der Waals surface area contributed by atoms with Crippen LogP contribution in [-0.4, -0.2) is 18.1 Å². The highest BCUT2D eigenvalue weighted by Gasteiger charge is 2.27. The van der Waals surface area contributed by atoms with E-state index < -0.39 is 0 Å². The number of aromatic nitrogens is 1. The number of halogens is 1. The molecule has 0 fully saturated rings. The molecule has 0 aliphatic rings. The summed E-state index contributed by atoms with van der Waals surface area (Å²) in [4.78, 5) is 17.2. The number of ether oxygens (including phenoxy) is 1. The Morgan fingerprint density at radius 2 is 1.85 bits per heavy atom. The molecular formula is C15H16BrNO2S. The Kier molecular flexibility index (Phi) is 4.30. The molecule has 0 unspecified atom stereocenters. The van der Waals surface area contributed by atoms with Crippen LogP contribution in [0.3, 0.4) is 0 Å². The van der Waals surface area contributed by atoms with Crippen LogP contribution in [0.1, 0.15) is 36.1 Å². The summed E-state index contributed by atoms with van der Waals surface area (Å²) in [5.41, 5.74) is 1.58. The van der Waals surface area contributed by atoms with E-state index >= 15 is 0 Å². The van der Waals surface area contributed by atoms with Gasteiger partial charge in [0.2, 0.25) is 0 Å². The highest BCUT2D eigenvalue weighted by molar-refractivity contribution is 9.10. The monoisotopic (exact) mass is 353 g/mol. The standard InChI is InChI=1S/C15H16BrNO2S/c1-15(2,3)12-11(14(18)19-4)20-13(17-12)9-5-7-10(16)8-6-9/h5-8H,1-4H3.